The molecule has 7 heteroatoms. The van der Waals surface area contributed by atoms with Crippen molar-refractivity contribution < 1.29 is 14.3 Å². The minimum atomic E-state index is -0.148. The average molecular weight is 439 g/mol. The van der Waals surface area contributed by atoms with Gasteiger partial charge in [0.2, 0.25) is 0 Å². The summed E-state index contributed by atoms with van der Waals surface area (Å²) in [6, 6.07) is 15.6. The Hall–Kier alpha value is -1.79. The first-order chi connectivity index (χ1) is 13.7. The van der Waals surface area contributed by atoms with Gasteiger partial charge in [-0.25, -0.2) is 0 Å². The summed E-state index contributed by atoms with van der Waals surface area (Å²) < 4.78 is 11.1. The highest BCUT2D eigenvalue weighted by Gasteiger charge is 2.24. The third-order valence-electron chi connectivity index (χ3n) is 4.94. The van der Waals surface area contributed by atoms with Gasteiger partial charge in [0, 0.05) is 24.7 Å². The van der Waals surface area contributed by atoms with Crippen LogP contribution in [-0.4, -0.2) is 50.3 Å². The van der Waals surface area contributed by atoms with Crippen LogP contribution in [0.1, 0.15) is 24.1 Å². The maximum atomic E-state index is 12.3. The molecule has 1 unspecified atom stereocenters. The predicted molar refractivity (Wildman–Crippen MR) is 118 cm³/mol. The second-order valence-electron chi connectivity index (χ2n) is 6.78. The van der Waals surface area contributed by atoms with E-state index in [2.05, 4.69) is 17.1 Å². The smallest absolute Gasteiger partial charge is 0.258 e. The van der Waals surface area contributed by atoms with Gasteiger partial charge in [-0.2, -0.15) is 0 Å². The van der Waals surface area contributed by atoms with Crippen molar-refractivity contribution in [3.8, 4) is 5.75 Å². The molecule has 0 aliphatic carbocycles. The van der Waals surface area contributed by atoms with E-state index in [4.69, 9.17) is 21.1 Å². The second-order valence-corrected chi connectivity index (χ2v) is 7.18. The lowest BCUT2D eigenvalue weighted by Crippen LogP contribution is -2.44. The molecule has 5 nitrogen and oxygen atoms in total. The number of ether oxygens (including phenoxy) is 2. The largest absolute Gasteiger partial charge is 0.484 e. The quantitative estimate of drug-likeness (QED) is 0.678. The number of nitrogens with zero attached hydrogens (tertiary/aromatic N) is 1. The van der Waals surface area contributed by atoms with Crippen LogP contribution in [0.4, 0.5) is 0 Å². The summed E-state index contributed by atoms with van der Waals surface area (Å²) in [4.78, 5) is 14.6. The molecular formula is C22H28Cl2N2O3. The zero-order chi connectivity index (χ0) is 19.8. The van der Waals surface area contributed by atoms with Crippen LogP contribution in [0.15, 0.2) is 48.5 Å². The predicted octanol–water partition coefficient (Wildman–Crippen LogP) is 3.89. The number of hydrogen-bond donors (Lipinski definition) is 1. The van der Waals surface area contributed by atoms with E-state index < -0.39 is 0 Å². The molecule has 1 N–H and O–H groups in total. The van der Waals surface area contributed by atoms with Crippen molar-refractivity contribution in [2.75, 3.05) is 39.5 Å². The van der Waals surface area contributed by atoms with Crippen LogP contribution in [0.5, 0.6) is 5.75 Å². The van der Waals surface area contributed by atoms with E-state index in [1.165, 1.54) is 5.56 Å². The molecule has 0 spiro atoms. The Kier molecular flexibility index (Phi) is 9.74. The number of morpholine rings is 1. The maximum Gasteiger partial charge on any atom is 0.258 e. The Bertz CT molecular complexity index is 765. The van der Waals surface area contributed by atoms with Gasteiger partial charge in [-0.15, -0.1) is 12.4 Å². The van der Waals surface area contributed by atoms with Crippen LogP contribution in [0.3, 0.4) is 0 Å². The highest BCUT2D eigenvalue weighted by Crippen LogP contribution is 2.27. The number of carbonyl (C=O) groups is 1. The third kappa shape index (κ3) is 6.89. The summed E-state index contributed by atoms with van der Waals surface area (Å²) in [5, 5.41) is 3.70. The molecule has 29 heavy (non-hydrogen) atoms. The van der Waals surface area contributed by atoms with Crippen molar-refractivity contribution >= 4 is 29.9 Å². The standard InChI is InChI=1S/C22H27ClN2O3.ClH/c1-2-17-7-9-18(10-8-17)28-16-22(26)24-15-21(25-11-13-27-14-12-25)19-5-3-4-6-20(19)23;/h3-10,21H,2,11-16H2,1H3,(H,24,26);1H. The van der Waals surface area contributed by atoms with Gasteiger partial charge in [0.1, 0.15) is 5.75 Å². The number of carbonyl (C=O) groups excluding carboxylic acids is 1. The number of rotatable bonds is 8. The van der Waals surface area contributed by atoms with Crippen molar-refractivity contribution in [3.05, 3.63) is 64.7 Å². The molecule has 2 aromatic carbocycles. The average Bonchev–Trinajstić information content (AvgIpc) is 2.74. The Morgan fingerprint density at radius 2 is 1.86 bits per heavy atom. The van der Waals surface area contributed by atoms with Crippen molar-refractivity contribution in [1.82, 2.24) is 10.2 Å². The molecule has 1 fully saturated rings. The first kappa shape index (κ1) is 23.5. The molecule has 0 saturated carbocycles. The monoisotopic (exact) mass is 438 g/mol. The molecule has 0 radical (unpaired) electrons. The first-order valence-electron chi connectivity index (χ1n) is 9.72. The fourth-order valence-electron chi connectivity index (χ4n) is 3.30. The Morgan fingerprint density at radius 3 is 2.52 bits per heavy atom. The topological polar surface area (TPSA) is 50.8 Å². The minimum Gasteiger partial charge on any atom is -0.484 e. The lowest BCUT2D eigenvalue weighted by Gasteiger charge is -2.35. The van der Waals surface area contributed by atoms with E-state index in [1.54, 1.807) is 0 Å². The molecular weight excluding hydrogens is 411 g/mol. The summed E-state index contributed by atoms with van der Waals surface area (Å²) >= 11 is 6.42. The van der Waals surface area contributed by atoms with E-state index in [1.807, 2.05) is 48.5 Å². The van der Waals surface area contributed by atoms with E-state index in [0.29, 0.717) is 30.5 Å². The molecule has 1 aliphatic heterocycles. The van der Waals surface area contributed by atoms with E-state index >= 15 is 0 Å². The summed E-state index contributed by atoms with van der Waals surface area (Å²) in [6.45, 7) is 5.56. The fourth-order valence-corrected chi connectivity index (χ4v) is 3.56. The van der Waals surface area contributed by atoms with Gasteiger partial charge in [0.15, 0.2) is 6.61 Å². The zero-order valence-electron chi connectivity index (χ0n) is 16.6. The highest BCUT2D eigenvalue weighted by atomic mass is 35.5. The van der Waals surface area contributed by atoms with Crippen LogP contribution in [0.2, 0.25) is 5.02 Å². The molecule has 3 rings (SSSR count). The molecule has 0 bridgehead atoms. The number of benzene rings is 2. The molecule has 1 amide bonds. The fraction of sp³-hybridized carbons (Fsp3) is 0.409. The van der Waals surface area contributed by atoms with Crippen LogP contribution >= 0.6 is 24.0 Å². The SMILES string of the molecule is CCc1ccc(OCC(=O)NCC(c2ccccc2Cl)N2CCOCC2)cc1.Cl. The Labute approximate surface area is 183 Å². The lowest BCUT2D eigenvalue weighted by atomic mass is 10.0. The molecule has 2 aromatic rings. The van der Waals surface area contributed by atoms with Crippen molar-refractivity contribution in [2.24, 2.45) is 0 Å². The van der Waals surface area contributed by atoms with Gasteiger partial charge in [-0.1, -0.05) is 48.9 Å². The van der Waals surface area contributed by atoms with Crippen molar-refractivity contribution in [2.45, 2.75) is 19.4 Å². The molecule has 1 heterocycles. The molecule has 0 aromatic heterocycles. The van der Waals surface area contributed by atoms with Gasteiger partial charge in [0.05, 0.1) is 19.3 Å². The maximum absolute atomic E-state index is 12.3. The number of hydrogen-bond acceptors (Lipinski definition) is 4. The first-order valence-corrected chi connectivity index (χ1v) is 10.1. The zero-order valence-corrected chi connectivity index (χ0v) is 18.2. The van der Waals surface area contributed by atoms with Crippen LogP contribution in [0, 0.1) is 0 Å². The van der Waals surface area contributed by atoms with Gasteiger partial charge < -0.3 is 14.8 Å². The van der Waals surface area contributed by atoms with Gasteiger partial charge >= 0.3 is 0 Å². The summed E-state index contributed by atoms with van der Waals surface area (Å²) in [6.07, 6.45) is 0.978. The lowest BCUT2D eigenvalue weighted by molar-refractivity contribution is -0.123. The van der Waals surface area contributed by atoms with Crippen LogP contribution in [0.25, 0.3) is 0 Å². The Morgan fingerprint density at radius 1 is 1.17 bits per heavy atom. The number of aryl methyl sites for hydroxylation is 1. The van der Waals surface area contributed by atoms with Crippen molar-refractivity contribution in [3.63, 3.8) is 0 Å². The minimum absolute atomic E-state index is 0. The van der Waals surface area contributed by atoms with E-state index in [0.717, 1.165) is 25.1 Å². The van der Waals surface area contributed by atoms with Gasteiger partial charge in [-0.05, 0) is 35.7 Å². The summed E-state index contributed by atoms with van der Waals surface area (Å²) in [5.41, 5.74) is 2.26. The highest BCUT2D eigenvalue weighted by molar-refractivity contribution is 6.31. The molecule has 158 valence electrons. The Balaban J connectivity index is 0.00000300. The summed E-state index contributed by atoms with van der Waals surface area (Å²) in [7, 11) is 0. The summed E-state index contributed by atoms with van der Waals surface area (Å²) in [5.74, 6) is 0.549. The van der Waals surface area contributed by atoms with Gasteiger partial charge in [0.25, 0.3) is 5.91 Å². The van der Waals surface area contributed by atoms with Gasteiger partial charge in [-0.3, -0.25) is 9.69 Å². The van der Waals surface area contributed by atoms with Crippen molar-refractivity contribution in [1.29, 1.82) is 0 Å². The molecule has 1 aliphatic rings. The van der Waals surface area contributed by atoms with E-state index in [9.17, 15) is 4.79 Å². The number of amides is 1. The third-order valence-corrected chi connectivity index (χ3v) is 5.29. The number of nitrogens with one attached hydrogen (secondary N) is 1. The molecule has 1 atom stereocenters. The second kappa shape index (κ2) is 12.0. The van der Waals surface area contributed by atoms with E-state index in [-0.39, 0.29) is 31.0 Å². The van der Waals surface area contributed by atoms with Crippen LogP contribution < -0.4 is 10.1 Å². The normalized spacial score (nSPS) is 15.2. The molecule has 1 saturated heterocycles. The van der Waals surface area contributed by atoms with Crippen LogP contribution in [-0.2, 0) is 16.0 Å². The number of halogens is 2.